The summed E-state index contributed by atoms with van der Waals surface area (Å²) in [4.78, 5) is 30.9. The van der Waals surface area contributed by atoms with Gasteiger partial charge in [-0.05, 0) is 121 Å². The van der Waals surface area contributed by atoms with Crippen LogP contribution < -0.4 is 15.5 Å². The van der Waals surface area contributed by atoms with Gasteiger partial charge in [-0.15, -0.1) is 25.3 Å². The van der Waals surface area contributed by atoms with Gasteiger partial charge in [0.1, 0.15) is 11.4 Å². The van der Waals surface area contributed by atoms with Gasteiger partial charge in [-0.1, -0.05) is 75.7 Å². The van der Waals surface area contributed by atoms with E-state index < -0.39 is 88.1 Å². The Bertz CT molecular complexity index is 4550. The molecule has 0 bridgehead atoms. The molecule has 1 aromatic heterocycles. The van der Waals surface area contributed by atoms with Crippen LogP contribution in [0.5, 0.6) is 0 Å². The minimum atomic E-state index is -5.00. The fourth-order valence-corrected chi connectivity index (χ4v) is 13.2. The summed E-state index contributed by atoms with van der Waals surface area (Å²) < 4.78 is 194. The number of amides is 2. The molecular weight excluding hydrogens is 1280 g/mol. The number of carbonyl (C=O) groups excluding carboxylic acids is 2. The number of nitrogens with one attached hydrogen (secondary N) is 2. The highest BCUT2D eigenvalue weighted by Crippen LogP contribution is 2.52. The van der Waals surface area contributed by atoms with Gasteiger partial charge in [0.2, 0.25) is 11.6 Å². The maximum Gasteiger partial charge on any atom is 0.425 e. The van der Waals surface area contributed by atoms with Crippen LogP contribution in [-0.4, -0.2) is 130 Å². The zero-order chi connectivity index (χ0) is 66.0. The third kappa shape index (κ3) is 18.0. The highest BCUT2D eigenvalue weighted by atomic mass is 32.2. The van der Waals surface area contributed by atoms with Gasteiger partial charge in [0, 0.05) is 89.9 Å². The van der Waals surface area contributed by atoms with E-state index in [-0.39, 0.29) is 46.0 Å². The molecule has 3 heterocycles. The molecule has 0 saturated heterocycles. The first kappa shape index (κ1) is 70.4. The van der Waals surface area contributed by atoms with Crippen molar-refractivity contribution in [2.45, 2.75) is 105 Å². The molecule has 0 saturated carbocycles. The number of hydrogen-bond donors (Lipinski definition) is 5. The normalized spacial score (nSPS) is 15.0. The first-order chi connectivity index (χ1) is 41.5. The van der Waals surface area contributed by atoms with Gasteiger partial charge in [-0.2, -0.15) is 29.8 Å². The van der Waals surface area contributed by atoms with Gasteiger partial charge in [-0.25, -0.2) is 8.42 Å². The van der Waals surface area contributed by atoms with Crippen molar-refractivity contribution in [1.29, 1.82) is 0 Å². The molecule has 476 valence electrons. The molecule has 25 nitrogen and oxygen atoms in total. The summed E-state index contributed by atoms with van der Waals surface area (Å²) in [5, 5.41) is 7.19. The molecule has 2 amide bonds. The molecule has 89 heavy (non-hydrogen) atoms. The largest absolute Gasteiger partial charge is 0.748 e. The van der Waals surface area contributed by atoms with Crippen molar-refractivity contribution in [3.8, 4) is 0 Å². The van der Waals surface area contributed by atoms with E-state index in [2.05, 4.69) is 10.6 Å². The van der Waals surface area contributed by atoms with Gasteiger partial charge in [0.25, 0.3) is 36.3 Å². The van der Waals surface area contributed by atoms with Crippen molar-refractivity contribution >= 4 is 118 Å². The maximum atomic E-state index is 13.5. The molecule has 0 atom stereocenters. The van der Waals surface area contributed by atoms with Crippen LogP contribution in [0.3, 0.4) is 0 Å². The molecule has 31 heteroatoms. The Kier molecular flexibility index (Phi) is 22.8. The average Bonchev–Trinajstić information content (AvgIpc) is 1.61. The quantitative estimate of drug-likeness (QED) is 0.0202. The molecule has 0 unspecified atom stereocenters. The number of anilines is 1. The summed E-state index contributed by atoms with van der Waals surface area (Å²) in [6, 6.07) is 25.8. The minimum Gasteiger partial charge on any atom is -0.748 e. The Labute approximate surface area is 518 Å². The van der Waals surface area contributed by atoms with Crippen molar-refractivity contribution < 1.29 is 91.3 Å². The van der Waals surface area contributed by atoms with Gasteiger partial charge < -0.3 is 20.1 Å². The topological polar surface area (TPSA) is 400 Å². The van der Waals surface area contributed by atoms with Crippen LogP contribution in [0, 0.1) is 0 Å². The predicted octanol–water partition coefficient (Wildman–Crippen LogP) is 6.77. The van der Waals surface area contributed by atoms with E-state index in [1.54, 1.807) is 42.5 Å². The fourth-order valence-electron chi connectivity index (χ4n) is 10.9. The zero-order valence-electron chi connectivity index (χ0n) is 48.5. The van der Waals surface area contributed by atoms with Gasteiger partial charge >= 0.3 is 21.2 Å². The molecule has 5 N–H and O–H groups in total. The third-order valence-electron chi connectivity index (χ3n) is 14.7. The van der Waals surface area contributed by atoms with Crippen LogP contribution in [0.4, 0.5) is 11.4 Å². The van der Waals surface area contributed by atoms with Crippen molar-refractivity contribution in [1.82, 2.24) is 15.6 Å². The fraction of sp³-hybridized carbons (Fsp3) is 0.310. The lowest BCUT2D eigenvalue weighted by Gasteiger charge is -2.27. The summed E-state index contributed by atoms with van der Waals surface area (Å²) in [5.74, 6) is -1.09. The van der Waals surface area contributed by atoms with Crippen molar-refractivity contribution in [3.63, 3.8) is 0 Å². The number of fused-ring (bicyclic) bond motifs is 6. The Hall–Kier alpha value is -7.72. The van der Waals surface area contributed by atoms with Crippen LogP contribution >= 0.6 is 0 Å². The van der Waals surface area contributed by atoms with Crippen LogP contribution in [0.25, 0.3) is 27.1 Å². The number of aromatic nitrogens is 1. The summed E-state index contributed by atoms with van der Waals surface area (Å²) >= 11 is 0. The highest BCUT2D eigenvalue weighted by Gasteiger charge is 2.46. The number of carbonyl (C=O) groups is 2. The zero-order valence-corrected chi connectivity index (χ0v) is 53.4. The molecule has 2 aliphatic rings. The average molecular weight is 1340 g/mol. The number of rotatable bonds is 22. The second-order valence-electron chi connectivity index (χ2n) is 21.5. The first-order valence-corrected chi connectivity index (χ1v) is 35.0. The molecular formula is C58H63N5O20S6. The highest BCUT2D eigenvalue weighted by molar-refractivity contribution is 7.87. The molecule has 2 aliphatic heterocycles. The number of nitrogens with zero attached hydrogens (tertiary/aromatic N) is 3. The summed E-state index contributed by atoms with van der Waals surface area (Å²) in [5.41, 5.74) is 3.88. The Morgan fingerprint density at radius 3 is 1.93 bits per heavy atom. The minimum absolute atomic E-state index is 0.0256. The molecule has 0 aliphatic carbocycles. The number of allylic oxidation sites excluding steroid dienone is 6. The predicted molar refractivity (Wildman–Crippen MR) is 328 cm³/mol. The Balaban J connectivity index is 0.00000149. The number of unbranched alkanes of at least 4 members (excludes halogenated alkanes) is 2. The van der Waals surface area contributed by atoms with E-state index in [0.29, 0.717) is 114 Å². The standard InChI is InChI=1S/C58H63N5O14S4.2O3S/c1-6-30-62-49-26-23-44-46(34-43(80(72,73)74)35-50(44)81(75,76)77)55(49)58(4,5)51(62)27-20-40(47-24-18-41(37-60-47)56(65)59-29-12-8-11-16-53(64)61-36-38-14-9-7-10-15-38)21-28-52-57(2,3)54-45-33-42(79(69,70)71)22-17-39(45)19-25-48(54)63(52)31-13-32-78(66,67)68;2*1-4(2)3/h7,9-10,14-15,17-28,33-35,37H,6,8,11-13,16,29-32,36H2,1-5H3,(H5-,59,61,64,65,66,67,68,69,70,71,72,73,74,75,76,77);;. The number of pyridine rings is 1. The summed E-state index contributed by atoms with van der Waals surface area (Å²) in [6.07, 6.45) is 11.5. The van der Waals surface area contributed by atoms with E-state index in [9.17, 15) is 61.5 Å². The SMILES string of the molecule is CCCN1/C(=C/C=C(/C=C/C2=[N+](CCCS(=O)(=O)[O-])c3ccc4ccc(S(=O)(=O)O)cc4c3C2(C)C)c2ccc(C(=O)NCCCCCC(=O)NCc3ccccc3)cn2)C(C)(C)c2c1ccc1c(S(=O)(=O)O)cc(S(=O)(=O)O)cc21.O=S(=O)=O.O=S(=O)=O. The first-order valence-electron chi connectivity index (χ1n) is 27.1. The van der Waals surface area contributed by atoms with E-state index in [4.69, 9.17) is 30.2 Å². The van der Waals surface area contributed by atoms with Crippen molar-refractivity contribution in [2.24, 2.45) is 0 Å². The van der Waals surface area contributed by atoms with Crippen LogP contribution in [-0.2, 0) is 83.9 Å². The molecule has 8 rings (SSSR count). The second kappa shape index (κ2) is 28.8. The summed E-state index contributed by atoms with van der Waals surface area (Å²) in [6.45, 7) is 10.8. The number of benzene rings is 5. The summed E-state index contributed by atoms with van der Waals surface area (Å²) in [7, 11) is -25.4. The van der Waals surface area contributed by atoms with Gasteiger partial charge in [0.05, 0.1) is 36.6 Å². The van der Waals surface area contributed by atoms with E-state index >= 15 is 0 Å². The van der Waals surface area contributed by atoms with Crippen LogP contribution in [0.1, 0.15) is 106 Å². The molecule has 0 radical (unpaired) electrons. The lowest BCUT2D eigenvalue weighted by molar-refractivity contribution is -0.437. The Morgan fingerprint density at radius 1 is 0.697 bits per heavy atom. The van der Waals surface area contributed by atoms with Gasteiger partial charge in [-0.3, -0.25) is 28.2 Å². The molecule has 0 fully saturated rings. The molecule has 0 spiro atoms. The maximum absolute atomic E-state index is 13.5. The smallest absolute Gasteiger partial charge is 0.425 e. The Morgan fingerprint density at radius 2 is 1.34 bits per heavy atom. The van der Waals surface area contributed by atoms with Crippen molar-refractivity contribution in [3.05, 3.63) is 161 Å². The molecule has 5 aromatic carbocycles. The van der Waals surface area contributed by atoms with E-state index in [1.165, 1.54) is 30.5 Å². The van der Waals surface area contributed by atoms with E-state index in [1.807, 2.05) is 92.6 Å². The lowest BCUT2D eigenvalue weighted by atomic mass is 9.79. The van der Waals surface area contributed by atoms with Crippen LogP contribution in [0.2, 0.25) is 0 Å². The van der Waals surface area contributed by atoms with E-state index in [0.717, 1.165) is 5.56 Å². The monoisotopic (exact) mass is 1340 g/mol. The third-order valence-corrected chi connectivity index (χ3v) is 18.0. The van der Waals surface area contributed by atoms with Crippen LogP contribution in [0.15, 0.2) is 148 Å². The molecule has 6 aromatic rings. The second-order valence-corrected chi connectivity index (χ2v) is 28.0. The number of hydrogen-bond acceptors (Lipinski definition) is 19. The van der Waals surface area contributed by atoms with Crippen molar-refractivity contribution in [2.75, 3.05) is 30.3 Å². The lowest BCUT2D eigenvalue weighted by Crippen LogP contribution is -2.28. The van der Waals surface area contributed by atoms with Gasteiger partial charge in [0.15, 0.2) is 5.71 Å².